The van der Waals surface area contributed by atoms with Crippen LogP contribution in [-0.2, 0) is 24.2 Å². The molecule has 0 unspecified atom stereocenters. The first-order valence-electron chi connectivity index (χ1n) is 10.4. The molecule has 28 heavy (non-hydrogen) atoms. The highest BCUT2D eigenvalue weighted by Crippen LogP contribution is 2.29. The number of hydrogen-bond acceptors (Lipinski definition) is 5. The van der Waals surface area contributed by atoms with Crippen LogP contribution < -0.4 is 10.2 Å². The molecule has 1 saturated heterocycles. The Bertz CT molecular complexity index is 816. The van der Waals surface area contributed by atoms with Crippen molar-refractivity contribution in [3.63, 3.8) is 0 Å². The van der Waals surface area contributed by atoms with E-state index >= 15 is 0 Å². The van der Waals surface area contributed by atoms with Crippen LogP contribution in [0.25, 0.3) is 0 Å². The van der Waals surface area contributed by atoms with Gasteiger partial charge in [0.1, 0.15) is 0 Å². The molecule has 0 bridgehead atoms. The molecule has 1 fully saturated rings. The molecule has 2 aromatic rings. The summed E-state index contributed by atoms with van der Waals surface area (Å²) in [6.07, 6.45) is 3.05. The second-order valence-electron chi connectivity index (χ2n) is 8.27. The van der Waals surface area contributed by atoms with Crippen LogP contribution in [0, 0.1) is 13.8 Å². The van der Waals surface area contributed by atoms with E-state index in [2.05, 4.69) is 65.3 Å². The average Bonchev–Trinajstić information content (AvgIpc) is 2.70. The molecule has 5 nitrogen and oxygen atoms in total. The number of rotatable bonds is 5. The van der Waals surface area contributed by atoms with E-state index < -0.39 is 0 Å². The average molecular weight is 381 g/mol. The van der Waals surface area contributed by atoms with Crippen molar-refractivity contribution < 1.29 is 4.74 Å². The normalized spacial score (nSPS) is 19.7. The molecule has 1 N–H and O–H groups in total. The van der Waals surface area contributed by atoms with E-state index in [0.717, 1.165) is 52.4 Å². The van der Waals surface area contributed by atoms with Gasteiger partial charge in [-0.1, -0.05) is 18.2 Å². The van der Waals surface area contributed by atoms with E-state index in [9.17, 15) is 0 Å². The second kappa shape index (κ2) is 8.60. The SMILES string of the molecule is Cc1cnc(CN(C)C[C@H]2Cc3c(cccc3N3CCOCC3)CN2)c(C)c1. The zero-order valence-electron chi connectivity index (χ0n) is 17.4. The Hall–Kier alpha value is -1.95. The van der Waals surface area contributed by atoms with Crippen molar-refractivity contribution in [2.75, 3.05) is 44.8 Å². The first kappa shape index (κ1) is 19.4. The van der Waals surface area contributed by atoms with Crippen molar-refractivity contribution in [1.29, 1.82) is 0 Å². The molecule has 5 heteroatoms. The number of likely N-dealkylation sites (N-methyl/N-ethyl adjacent to an activating group) is 1. The first-order chi connectivity index (χ1) is 13.6. The maximum absolute atomic E-state index is 5.55. The van der Waals surface area contributed by atoms with Gasteiger partial charge < -0.3 is 15.0 Å². The summed E-state index contributed by atoms with van der Waals surface area (Å²) in [7, 11) is 2.20. The Labute approximate surface area is 168 Å². The van der Waals surface area contributed by atoms with Crippen molar-refractivity contribution in [2.24, 2.45) is 0 Å². The lowest BCUT2D eigenvalue weighted by Gasteiger charge is -2.35. The van der Waals surface area contributed by atoms with Gasteiger partial charge in [-0.3, -0.25) is 9.88 Å². The highest BCUT2D eigenvalue weighted by atomic mass is 16.5. The van der Waals surface area contributed by atoms with E-state index in [1.54, 1.807) is 0 Å². The molecule has 2 aliphatic rings. The second-order valence-corrected chi connectivity index (χ2v) is 8.27. The van der Waals surface area contributed by atoms with Crippen LogP contribution in [0.15, 0.2) is 30.5 Å². The van der Waals surface area contributed by atoms with Crippen LogP contribution in [0.1, 0.15) is 27.9 Å². The molecule has 0 spiro atoms. The van der Waals surface area contributed by atoms with Crippen LogP contribution in [0.3, 0.4) is 0 Å². The molecule has 1 aromatic heterocycles. The van der Waals surface area contributed by atoms with Crippen molar-refractivity contribution in [1.82, 2.24) is 15.2 Å². The smallest absolute Gasteiger partial charge is 0.0642 e. The van der Waals surface area contributed by atoms with Gasteiger partial charge in [-0.15, -0.1) is 0 Å². The Morgan fingerprint density at radius 3 is 2.86 bits per heavy atom. The molecule has 1 aromatic carbocycles. The largest absolute Gasteiger partial charge is 0.378 e. The molecule has 1 atom stereocenters. The number of aryl methyl sites for hydroxylation is 2. The highest BCUT2D eigenvalue weighted by Gasteiger charge is 2.24. The zero-order chi connectivity index (χ0) is 19.5. The Balaban J connectivity index is 1.43. The summed E-state index contributed by atoms with van der Waals surface area (Å²) >= 11 is 0. The van der Waals surface area contributed by atoms with Gasteiger partial charge in [-0.2, -0.15) is 0 Å². The van der Waals surface area contributed by atoms with Gasteiger partial charge in [0.15, 0.2) is 0 Å². The van der Waals surface area contributed by atoms with Crippen LogP contribution in [0.2, 0.25) is 0 Å². The summed E-state index contributed by atoms with van der Waals surface area (Å²) in [5, 5.41) is 3.74. The summed E-state index contributed by atoms with van der Waals surface area (Å²) in [6.45, 7) is 10.8. The number of morpholine rings is 1. The fraction of sp³-hybridized carbons (Fsp3) is 0.522. The van der Waals surface area contributed by atoms with E-state index in [1.165, 1.54) is 33.6 Å². The van der Waals surface area contributed by atoms with Gasteiger partial charge in [0.05, 0.1) is 18.9 Å². The number of benzene rings is 1. The summed E-state index contributed by atoms with van der Waals surface area (Å²) < 4.78 is 5.55. The Morgan fingerprint density at radius 2 is 2.07 bits per heavy atom. The monoisotopic (exact) mass is 380 g/mol. The lowest BCUT2D eigenvalue weighted by molar-refractivity contribution is 0.122. The minimum Gasteiger partial charge on any atom is -0.378 e. The standard InChI is InChI=1S/C23H32N4O/c1-17-11-18(2)22(25-13-17)16-26(3)15-20-12-21-19(14-24-20)5-4-6-23(21)27-7-9-28-10-8-27/h4-6,11,13,20,24H,7-10,12,14-16H2,1-3H3/t20-/m1/s1. The predicted octanol–water partition coefficient (Wildman–Crippen LogP) is 2.68. The van der Waals surface area contributed by atoms with Gasteiger partial charge in [0.2, 0.25) is 0 Å². The molecule has 0 aliphatic carbocycles. The Kier molecular flexibility index (Phi) is 5.95. The number of aromatic nitrogens is 1. The topological polar surface area (TPSA) is 40.6 Å². The lowest BCUT2D eigenvalue weighted by Crippen LogP contribution is -2.44. The zero-order valence-corrected chi connectivity index (χ0v) is 17.4. The summed E-state index contributed by atoms with van der Waals surface area (Å²) in [5.41, 5.74) is 8.06. The first-order valence-corrected chi connectivity index (χ1v) is 10.4. The van der Waals surface area contributed by atoms with Gasteiger partial charge in [-0.25, -0.2) is 0 Å². The van der Waals surface area contributed by atoms with Gasteiger partial charge in [0, 0.05) is 50.6 Å². The molecule has 150 valence electrons. The molecular weight excluding hydrogens is 348 g/mol. The Morgan fingerprint density at radius 1 is 1.25 bits per heavy atom. The van der Waals surface area contributed by atoms with E-state index in [1.807, 2.05) is 6.20 Å². The molecule has 2 aliphatic heterocycles. The summed E-state index contributed by atoms with van der Waals surface area (Å²) in [6, 6.07) is 9.44. The minimum absolute atomic E-state index is 0.463. The fourth-order valence-electron chi connectivity index (χ4n) is 4.43. The maximum atomic E-state index is 5.55. The van der Waals surface area contributed by atoms with Crippen LogP contribution in [0.4, 0.5) is 5.69 Å². The lowest BCUT2D eigenvalue weighted by atomic mass is 9.93. The summed E-state index contributed by atoms with van der Waals surface area (Å²) in [5.74, 6) is 0. The van der Waals surface area contributed by atoms with Crippen molar-refractivity contribution in [3.05, 3.63) is 58.4 Å². The van der Waals surface area contributed by atoms with Crippen molar-refractivity contribution in [3.8, 4) is 0 Å². The third kappa shape index (κ3) is 4.37. The molecular formula is C23H32N4O. The van der Waals surface area contributed by atoms with E-state index in [-0.39, 0.29) is 0 Å². The minimum atomic E-state index is 0.463. The number of anilines is 1. The third-order valence-electron chi connectivity index (χ3n) is 5.91. The third-order valence-corrected chi connectivity index (χ3v) is 5.91. The molecule has 4 rings (SSSR count). The fourth-order valence-corrected chi connectivity index (χ4v) is 4.43. The van der Waals surface area contributed by atoms with Crippen molar-refractivity contribution >= 4 is 5.69 Å². The van der Waals surface area contributed by atoms with Gasteiger partial charge in [0.25, 0.3) is 0 Å². The van der Waals surface area contributed by atoms with Gasteiger partial charge in [-0.05, 0) is 55.6 Å². The number of nitrogens with zero attached hydrogens (tertiary/aromatic N) is 3. The van der Waals surface area contributed by atoms with Crippen molar-refractivity contribution in [2.45, 2.75) is 39.4 Å². The van der Waals surface area contributed by atoms with E-state index in [4.69, 9.17) is 4.74 Å². The highest BCUT2D eigenvalue weighted by molar-refractivity contribution is 5.58. The molecule has 3 heterocycles. The summed E-state index contributed by atoms with van der Waals surface area (Å²) in [4.78, 5) is 9.53. The molecule has 0 amide bonds. The number of hydrogen-bond donors (Lipinski definition) is 1. The van der Waals surface area contributed by atoms with E-state index in [0.29, 0.717) is 6.04 Å². The molecule has 0 radical (unpaired) electrons. The number of pyridine rings is 1. The van der Waals surface area contributed by atoms with Crippen LogP contribution in [0.5, 0.6) is 0 Å². The number of nitrogens with one attached hydrogen (secondary N) is 1. The van der Waals surface area contributed by atoms with Crippen LogP contribution in [-0.4, -0.2) is 55.8 Å². The number of fused-ring (bicyclic) bond motifs is 1. The van der Waals surface area contributed by atoms with Gasteiger partial charge >= 0.3 is 0 Å². The molecule has 0 saturated carbocycles. The number of ether oxygens (including phenoxy) is 1. The predicted molar refractivity (Wildman–Crippen MR) is 114 cm³/mol. The maximum Gasteiger partial charge on any atom is 0.0642 e. The van der Waals surface area contributed by atoms with Crippen LogP contribution >= 0.6 is 0 Å². The quantitative estimate of drug-likeness (QED) is 0.864.